The third-order valence-corrected chi connectivity index (χ3v) is 5.19. The number of benzene rings is 1. The molecule has 0 heterocycles. The SMILES string of the molecule is CC(C)OP(=O)(OC(C)C)C(Cl)=CNc1ccccc1[N+](=O)[O-]. The van der Waals surface area contributed by atoms with Gasteiger partial charge in [-0.3, -0.25) is 14.7 Å². The molecule has 0 aliphatic carbocycles. The summed E-state index contributed by atoms with van der Waals surface area (Å²) in [6.07, 6.45) is 0.454. The van der Waals surface area contributed by atoms with Crippen molar-refractivity contribution < 1.29 is 18.5 Å². The standard InChI is InChI=1S/C14H20ClN2O5P/c1-10(2)21-23(20,22-11(3)4)14(15)9-16-12-7-5-6-8-13(12)17(18)19/h5-11,16H,1-4H3. The second-order valence-corrected chi connectivity index (χ2v) is 7.76. The van der Waals surface area contributed by atoms with Crippen LogP contribution in [0.25, 0.3) is 0 Å². The van der Waals surface area contributed by atoms with E-state index in [1.54, 1.807) is 39.8 Å². The Kier molecular flexibility index (Phi) is 7.22. The van der Waals surface area contributed by atoms with Crippen molar-refractivity contribution in [3.8, 4) is 0 Å². The molecular weight excluding hydrogens is 343 g/mol. The maximum absolute atomic E-state index is 12.8. The quantitative estimate of drug-likeness (QED) is 0.393. The first-order chi connectivity index (χ1) is 10.7. The van der Waals surface area contributed by atoms with Crippen molar-refractivity contribution in [2.24, 2.45) is 0 Å². The smallest absolute Gasteiger partial charge is 0.354 e. The molecule has 0 aliphatic heterocycles. The number of hydrogen-bond donors (Lipinski definition) is 1. The molecule has 0 fully saturated rings. The molecule has 1 N–H and O–H groups in total. The lowest BCUT2D eigenvalue weighted by Gasteiger charge is -2.22. The number of halogens is 1. The highest BCUT2D eigenvalue weighted by atomic mass is 35.5. The van der Waals surface area contributed by atoms with Crippen LogP contribution in [0.2, 0.25) is 0 Å². The molecule has 0 aromatic heterocycles. The lowest BCUT2D eigenvalue weighted by molar-refractivity contribution is -0.383. The minimum absolute atomic E-state index is 0.127. The first-order valence-corrected chi connectivity index (χ1v) is 8.91. The Morgan fingerprint density at radius 2 is 1.78 bits per heavy atom. The molecule has 1 aromatic rings. The Morgan fingerprint density at radius 1 is 1.26 bits per heavy atom. The zero-order valence-electron chi connectivity index (χ0n) is 13.4. The molecule has 0 spiro atoms. The third kappa shape index (κ3) is 5.95. The fourth-order valence-electron chi connectivity index (χ4n) is 1.65. The molecule has 1 aromatic carbocycles. The van der Waals surface area contributed by atoms with E-state index < -0.39 is 12.5 Å². The molecule has 0 unspecified atom stereocenters. The number of nitro benzene ring substituents is 1. The summed E-state index contributed by atoms with van der Waals surface area (Å²) in [6, 6.07) is 6.03. The molecule has 0 atom stereocenters. The van der Waals surface area contributed by atoms with Gasteiger partial charge in [-0.25, -0.2) is 0 Å². The average molecular weight is 363 g/mol. The van der Waals surface area contributed by atoms with Crippen molar-refractivity contribution in [1.29, 1.82) is 0 Å². The molecule has 0 saturated carbocycles. The van der Waals surface area contributed by atoms with Gasteiger partial charge in [-0.15, -0.1) is 0 Å². The van der Waals surface area contributed by atoms with Gasteiger partial charge in [0.25, 0.3) is 5.69 Å². The van der Waals surface area contributed by atoms with Crippen LogP contribution in [0.5, 0.6) is 0 Å². The van der Waals surface area contributed by atoms with Crippen LogP contribution in [0, 0.1) is 10.1 Å². The number of nitrogens with zero attached hydrogens (tertiary/aromatic N) is 1. The van der Waals surface area contributed by atoms with Crippen LogP contribution in [-0.4, -0.2) is 17.1 Å². The van der Waals surface area contributed by atoms with Gasteiger partial charge in [0.05, 0.1) is 17.1 Å². The Labute approximate surface area is 140 Å². The van der Waals surface area contributed by atoms with Gasteiger partial charge >= 0.3 is 7.60 Å². The van der Waals surface area contributed by atoms with Crippen molar-refractivity contribution in [1.82, 2.24) is 0 Å². The van der Waals surface area contributed by atoms with Crippen LogP contribution >= 0.6 is 19.2 Å². The first-order valence-electron chi connectivity index (χ1n) is 6.98. The van der Waals surface area contributed by atoms with E-state index in [1.807, 2.05) is 0 Å². The van der Waals surface area contributed by atoms with Gasteiger partial charge in [-0.2, -0.15) is 0 Å². The number of hydrogen-bond acceptors (Lipinski definition) is 6. The minimum Gasteiger partial charge on any atom is -0.354 e. The normalized spacial score (nSPS) is 12.7. The summed E-state index contributed by atoms with van der Waals surface area (Å²) in [4.78, 5) is 10.4. The molecule has 7 nitrogen and oxygen atoms in total. The monoisotopic (exact) mass is 362 g/mol. The van der Waals surface area contributed by atoms with Gasteiger partial charge in [0.2, 0.25) is 0 Å². The van der Waals surface area contributed by atoms with Crippen LogP contribution in [0.15, 0.2) is 35.2 Å². The van der Waals surface area contributed by atoms with Crippen LogP contribution in [-0.2, 0) is 13.6 Å². The van der Waals surface area contributed by atoms with Gasteiger partial charge in [-0.05, 0) is 33.8 Å². The summed E-state index contributed by atoms with van der Waals surface area (Å²) >= 11 is 6.07. The van der Waals surface area contributed by atoms with E-state index in [4.69, 9.17) is 20.6 Å². The Bertz CT molecular complexity index is 619. The lowest BCUT2D eigenvalue weighted by atomic mass is 10.3. The number of anilines is 1. The molecule has 23 heavy (non-hydrogen) atoms. The number of nitro groups is 1. The highest BCUT2D eigenvalue weighted by molar-refractivity contribution is 7.61. The molecule has 0 amide bonds. The Balaban J connectivity index is 3.05. The van der Waals surface area contributed by atoms with Crippen molar-refractivity contribution in [3.05, 3.63) is 45.4 Å². The van der Waals surface area contributed by atoms with Crippen LogP contribution in [0.1, 0.15) is 27.7 Å². The van der Waals surface area contributed by atoms with Gasteiger partial charge < -0.3 is 14.4 Å². The second-order valence-electron chi connectivity index (χ2n) is 5.19. The first kappa shape index (κ1) is 19.6. The van der Waals surface area contributed by atoms with E-state index >= 15 is 0 Å². The van der Waals surface area contributed by atoms with Crippen molar-refractivity contribution in [3.63, 3.8) is 0 Å². The van der Waals surface area contributed by atoms with Crippen molar-refractivity contribution in [2.45, 2.75) is 39.9 Å². The van der Waals surface area contributed by atoms with E-state index in [-0.39, 0.29) is 28.4 Å². The predicted molar refractivity (Wildman–Crippen MR) is 90.7 cm³/mol. The van der Waals surface area contributed by atoms with Crippen LogP contribution in [0.4, 0.5) is 11.4 Å². The second kappa shape index (κ2) is 8.45. The van der Waals surface area contributed by atoms with Gasteiger partial charge in [0.1, 0.15) is 10.5 Å². The van der Waals surface area contributed by atoms with Crippen LogP contribution in [0.3, 0.4) is 0 Å². The average Bonchev–Trinajstić information content (AvgIpc) is 2.43. The highest BCUT2D eigenvalue weighted by Gasteiger charge is 2.32. The number of nitrogens with one attached hydrogen (secondary N) is 1. The maximum atomic E-state index is 12.8. The Morgan fingerprint density at radius 3 is 2.26 bits per heavy atom. The molecule has 0 saturated heterocycles. The van der Waals surface area contributed by atoms with E-state index in [9.17, 15) is 14.7 Å². The minimum atomic E-state index is -3.70. The topological polar surface area (TPSA) is 90.7 Å². The summed E-state index contributed by atoms with van der Waals surface area (Å²) in [5, 5.41) is 13.6. The van der Waals surface area contributed by atoms with E-state index in [1.165, 1.54) is 18.3 Å². The fourth-order valence-corrected chi connectivity index (χ4v) is 3.53. The largest absolute Gasteiger partial charge is 0.374 e. The Hall–Kier alpha value is -1.40. The number of rotatable bonds is 8. The number of para-hydroxylation sites is 2. The summed E-state index contributed by atoms with van der Waals surface area (Å²) in [5.74, 6) is 0. The summed E-state index contributed by atoms with van der Waals surface area (Å²) in [5.41, 5.74) is 0.0916. The fraction of sp³-hybridized carbons (Fsp3) is 0.429. The molecule has 0 aliphatic rings. The molecule has 0 radical (unpaired) electrons. The molecule has 1 rings (SSSR count). The summed E-state index contributed by atoms with van der Waals surface area (Å²) < 4.78 is 23.2. The zero-order chi connectivity index (χ0) is 17.6. The lowest BCUT2D eigenvalue weighted by Crippen LogP contribution is -2.08. The van der Waals surface area contributed by atoms with E-state index in [2.05, 4.69) is 5.32 Å². The van der Waals surface area contributed by atoms with Gasteiger partial charge in [-0.1, -0.05) is 23.7 Å². The predicted octanol–water partition coefficient (Wildman–Crippen LogP) is 5.09. The van der Waals surface area contributed by atoms with Gasteiger partial charge in [0.15, 0.2) is 0 Å². The molecule has 0 bridgehead atoms. The molecular formula is C14H20ClN2O5P. The van der Waals surface area contributed by atoms with E-state index in [0.29, 0.717) is 0 Å². The molecule has 128 valence electrons. The van der Waals surface area contributed by atoms with Crippen molar-refractivity contribution in [2.75, 3.05) is 5.32 Å². The summed E-state index contributed by atoms with van der Waals surface area (Å²) in [7, 11) is -3.70. The maximum Gasteiger partial charge on any atom is 0.374 e. The third-order valence-electron chi connectivity index (χ3n) is 2.41. The zero-order valence-corrected chi connectivity index (χ0v) is 15.0. The van der Waals surface area contributed by atoms with Crippen molar-refractivity contribution >= 4 is 30.6 Å². The highest BCUT2D eigenvalue weighted by Crippen LogP contribution is 2.59. The summed E-state index contributed by atoms with van der Waals surface area (Å²) in [6.45, 7) is 6.82. The van der Waals surface area contributed by atoms with E-state index in [0.717, 1.165) is 0 Å². The molecule has 9 heteroatoms. The van der Waals surface area contributed by atoms with Gasteiger partial charge in [0, 0.05) is 12.3 Å². The van der Waals surface area contributed by atoms with Crippen LogP contribution < -0.4 is 5.32 Å².